The molecular weight excluding hydrogens is 244 g/mol. The van der Waals surface area contributed by atoms with Crippen LogP contribution in [0.2, 0.25) is 0 Å². The van der Waals surface area contributed by atoms with E-state index in [1.54, 1.807) is 0 Å². The fraction of sp³-hybridized carbons (Fsp3) is 0.214. The van der Waals surface area contributed by atoms with Crippen molar-refractivity contribution in [1.29, 1.82) is 0 Å². The highest BCUT2D eigenvalue weighted by Gasteiger charge is 2.08. The van der Waals surface area contributed by atoms with Crippen molar-refractivity contribution in [1.82, 2.24) is 5.32 Å². The number of rotatable bonds is 4. The predicted octanol–water partition coefficient (Wildman–Crippen LogP) is 3.03. The van der Waals surface area contributed by atoms with Gasteiger partial charge in [-0.1, -0.05) is 12.1 Å². The minimum atomic E-state index is -0.0466. The molecule has 0 spiro atoms. The van der Waals surface area contributed by atoms with Gasteiger partial charge in [-0.05, 0) is 43.8 Å². The smallest absolute Gasteiger partial charge is 0.265 e. The maximum absolute atomic E-state index is 12.0. The lowest BCUT2D eigenvalue weighted by molar-refractivity contribution is 0.103. The predicted molar refractivity (Wildman–Crippen MR) is 76.2 cm³/mol. The molecule has 0 aliphatic heterocycles. The van der Waals surface area contributed by atoms with Crippen molar-refractivity contribution >= 4 is 22.9 Å². The monoisotopic (exact) mass is 260 g/mol. The van der Waals surface area contributed by atoms with E-state index >= 15 is 0 Å². The number of benzene rings is 1. The number of hydrogen-bond donors (Lipinski definition) is 2. The zero-order valence-corrected chi connectivity index (χ0v) is 11.3. The first kappa shape index (κ1) is 12.8. The Morgan fingerprint density at radius 3 is 2.78 bits per heavy atom. The fourth-order valence-electron chi connectivity index (χ4n) is 1.71. The van der Waals surface area contributed by atoms with Crippen molar-refractivity contribution in [2.24, 2.45) is 0 Å². The second kappa shape index (κ2) is 5.80. The van der Waals surface area contributed by atoms with E-state index in [2.05, 4.69) is 10.6 Å². The Labute approximate surface area is 111 Å². The lowest BCUT2D eigenvalue weighted by atomic mass is 10.2. The minimum absolute atomic E-state index is 0.0466. The zero-order valence-electron chi connectivity index (χ0n) is 10.5. The third kappa shape index (κ3) is 3.18. The van der Waals surface area contributed by atoms with Crippen LogP contribution in [0, 0.1) is 6.92 Å². The summed E-state index contributed by atoms with van der Waals surface area (Å²) in [4.78, 5) is 13.9. The number of anilines is 1. The van der Waals surface area contributed by atoms with Crippen molar-refractivity contribution in [2.75, 3.05) is 12.4 Å². The summed E-state index contributed by atoms with van der Waals surface area (Å²) in [6.45, 7) is 2.79. The topological polar surface area (TPSA) is 41.1 Å². The molecule has 2 N–H and O–H groups in total. The van der Waals surface area contributed by atoms with Crippen molar-refractivity contribution < 1.29 is 4.79 Å². The van der Waals surface area contributed by atoms with Crippen LogP contribution in [-0.4, -0.2) is 13.0 Å². The Morgan fingerprint density at radius 2 is 2.11 bits per heavy atom. The highest BCUT2D eigenvalue weighted by atomic mass is 32.1. The van der Waals surface area contributed by atoms with Crippen molar-refractivity contribution in [3.05, 3.63) is 51.7 Å². The van der Waals surface area contributed by atoms with Gasteiger partial charge in [0, 0.05) is 17.1 Å². The molecule has 18 heavy (non-hydrogen) atoms. The van der Waals surface area contributed by atoms with Gasteiger partial charge in [0.2, 0.25) is 0 Å². The molecule has 1 aromatic heterocycles. The quantitative estimate of drug-likeness (QED) is 0.887. The molecular formula is C14H16N2OS. The number of hydrogen-bond acceptors (Lipinski definition) is 3. The Hall–Kier alpha value is -1.65. The molecule has 1 amide bonds. The Bertz CT molecular complexity index is 548. The summed E-state index contributed by atoms with van der Waals surface area (Å²) in [6, 6.07) is 11.7. The molecule has 0 radical (unpaired) electrons. The maximum atomic E-state index is 12.0. The van der Waals surface area contributed by atoms with Gasteiger partial charge in [0.15, 0.2) is 0 Å². The van der Waals surface area contributed by atoms with Crippen LogP contribution in [0.1, 0.15) is 20.1 Å². The average Bonchev–Trinajstić information content (AvgIpc) is 2.77. The number of aryl methyl sites for hydroxylation is 1. The lowest BCUT2D eigenvalue weighted by Crippen LogP contribution is -2.11. The molecule has 0 unspecified atom stereocenters. The van der Waals surface area contributed by atoms with Crippen LogP contribution in [0.3, 0.4) is 0 Å². The third-order valence-corrected chi connectivity index (χ3v) is 3.53. The van der Waals surface area contributed by atoms with Crippen LogP contribution < -0.4 is 10.6 Å². The molecule has 0 aliphatic rings. The van der Waals surface area contributed by atoms with Crippen LogP contribution in [0.4, 0.5) is 5.69 Å². The average molecular weight is 260 g/mol. The van der Waals surface area contributed by atoms with Crippen LogP contribution in [0.5, 0.6) is 0 Å². The van der Waals surface area contributed by atoms with Gasteiger partial charge in [-0.3, -0.25) is 4.79 Å². The Kier molecular flexibility index (Phi) is 4.12. The summed E-state index contributed by atoms with van der Waals surface area (Å²) >= 11 is 1.51. The van der Waals surface area contributed by atoms with Crippen molar-refractivity contribution in [2.45, 2.75) is 13.5 Å². The lowest BCUT2D eigenvalue weighted by Gasteiger charge is -2.06. The van der Waals surface area contributed by atoms with Gasteiger partial charge in [0.25, 0.3) is 5.91 Å². The summed E-state index contributed by atoms with van der Waals surface area (Å²) in [7, 11) is 1.90. The number of carbonyl (C=O) groups is 1. The van der Waals surface area contributed by atoms with Crippen molar-refractivity contribution in [3.8, 4) is 0 Å². The molecule has 1 aromatic carbocycles. The molecule has 0 fully saturated rings. The van der Waals surface area contributed by atoms with Gasteiger partial charge in [0.05, 0.1) is 4.88 Å². The molecule has 0 aliphatic carbocycles. The molecule has 2 rings (SSSR count). The van der Waals surface area contributed by atoms with E-state index in [1.807, 2.05) is 50.4 Å². The molecule has 4 heteroatoms. The largest absolute Gasteiger partial charge is 0.321 e. The number of nitrogens with one attached hydrogen (secondary N) is 2. The maximum Gasteiger partial charge on any atom is 0.265 e. The van der Waals surface area contributed by atoms with Crippen LogP contribution >= 0.6 is 11.3 Å². The highest BCUT2D eigenvalue weighted by molar-refractivity contribution is 7.14. The number of amides is 1. The highest BCUT2D eigenvalue weighted by Crippen LogP contribution is 2.17. The Balaban J connectivity index is 2.09. The Morgan fingerprint density at radius 1 is 1.28 bits per heavy atom. The first-order valence-electron chi connectivity index (χ1n) is 5.80. The summed E-state index contributed by atoms with van der Waals surface area (Å²) in [5, 5.41) is 6.00. The van der Waals surface area contributed by atoms with Gasteiger partial charge < -0.3 is 10.6 Å². The molecule has 0 saturated carbocycles. The van der Waals surface area contributed by atoms with E-state index in [9.17, 15) is 4.79 Å². The summed E-state index contributed by atoms with van der Waals surface area (Å²) in [5.74, 6) is -0.0466. The summed E-state index contributed by atoms with van der Waals surface area (Å²) in [5.41, 5.74) is 1.98. The van der Waals surface area contributed by atoms with Crippen molar-refractivity contribution in [3.63, 3.8) is 0 Å². The second-order valence-corrected chi connectivity index (χ2v) is 5.38. The zero-order chi connectivity index (χ0) is 13.0. The molecule has 1 heterocycles. The van der Waals surface area contributed by atoms with Gasteiger partial charge in [-0.2, -0.15) is 0 Å². The molecule has 0 atom stereocenters. The molecule has 3 nitrogen and oxygen atoms in total. The van der Waals surface area contributed by atoms with Gasteiger partial charge in [-0.15, -0.1) is 11.3 Å². The van der Waals surface area contributed by atoms with Crippen LogP contribution in [-0.2, 0) is 6.54 Å². The number of thiophene rings is 1. The van der Waals surface area contributed by atoms with Crippen LogP contribution in [0.25, 0.3) is 0 Å². The second-order valence-electron chi connectivity index (χ2n) is 4.10. The molecule has 0 saturated heterocycles. The normalized spacial score (nSPS) is 10.3. The van der Waals surface area contributed by atoms with E-state index in [0.29, 0.717) is 0 Å². The fourth-order valence-corrected chi connectivity index (χ4v) is 2.48. The standard InChI is InChI=1S/C14H16N2OS/c1-10-6-7-13(18-10)14(17)16-12-5-3-4-11(8-12)9-15-2/h3-8,15H,9H2,1-2H3,(H,16,17). The van der Waals surface area contributed by atoms with E-state index in [-0.39, 0.29) is 5.91 Å². The SMILES string of the molecule is CNCc1cccc(NC(=O)c2ccc(C)s2)c1. The molecule has 0 bridgehead atoms. The first-order chi connectivity index (χ1) is 8.69. The van der Waals surface area contributed by atoms with Gasteiger partial charge in [-0.25, -0.2) is 0 Å². The molecule has 2 aromatic rings. The van der Waals surface area contributed by atoms with Crippen LogP contribution in [0.15, 0.2) is 36.4 Å². The number of carbonyl (C=O) groups excluding carboxylic acids is 1. The summed E-state index contributed by atoms with van der Waals surface area (Å²) in [6.07, 6.45) is 0. The first-order valence-corrected chi connectivity index (χ1v) is 6.62. The van der Waals surface area contributed by atoms with E-state index in [4.69, 9.17) is 0 Å². The molecule has 94 valence electrons. The van der Waals surface area contributed by atoms with Gasteiger partial charge in [0.1, 0.15) is 0 Å². The van der Waals surface area contributed by atoms with E-state index in [0.717, 1.165) is 27.5 Å². The van der Waals surface area contributed by atoms with Gasteiger partial charge >= 0.3 is 0 Å². The minimum Gasteiger partial charge on any atom is -0.321 e. The van der Waals surface area contributed by atoms with E-state index < -0.39 is 0 Å². The third-order valence-electron chi connectivity index (χ3n) is 2.53. The van der Waals surface area contributed by atoms with E-state index in [1.165, 1.54) is 11.3 Å². The summed E-state index contributed by atoms with van der Waals surface area (Å²) < 4.78 is 0.